The van der Waals surface area contributed by atoms with Gasteiger partial charge in [0.1, 0.15) is 12.3 Å². The van der Waals surface area contributed by atoms with Crippen molar-refractivity contribution < 1.29 is 14.3 Å². The monoisotopic (exact) mass is 381 g/mol. The zero-order valence-corrected chi connectivity index (χ0v) is 15.8. The topological polar surface area (TPSA) is 81.5 Å². The zero-order chi connectivity index (χ0) is 19.3. The Morgan fingerprint density at radius 3 is 2.89 bits per heavy atom. The van der Waals surface area contributed by atoms with Crippen LogP contribution in [-0.4, -0.2) is 65.0 Å². The van der Waals surface area contributed by atoms with Gasteiger partial charge in [-0.05, 0) is 30.3 Å². The van der Waals surface area contributed by atoms with E-state index in [9.17, 15) is 4.79 Å². The zero-order valence-electron chi connectivity index (χ0n) is 15.8. The number of morpholine rings is 1. The van der Waals surface area contributed by atoms with Crippen LogP contribution in [-0.2, 0) is 11.8 Å². The molecule has 1 N–H and O–H groups in total. The smallest absolute Gasteiger partial charge is 0.274 e. The Hall–Kier alpha value is -2.97. The van der Waals surface area contributed by atoms with Crippen molar-refractivity contribution in [3.8, 4) is 5.88 Å². The van der Waals surface area contributed by atoms with E-state index in [4.69, 9.17) is 9.47 Å². The van der Waals surface area contributed by atoms with Gasteiger partial charge in [0.15, 0.2) is 0 Å². The Balaban J connectivity index is 1.43. The molecule has 0 saturated carbocycles. The molecule has 3 aromatic rings. The fraction of sp³-hybridized carbons (Fsp3) is 0.350. The van der Waals surface area contributed by atoms with Crippen LogP contribution in [0.25, 0.3) is 10.9 Å². The van der Waals surface area contributed by atoms with Gasteiger partial charge in [0, 0.05) is 38.6 Å². The molecule has 1 aromatic carbocycles. The number of anilines is 1. The number of fused-ring (bicyclic) bond motifs is 1. The minimum atomic E-state index is -0.246. The molecule has 8 heteroatoms. The number of amides is 1. The van der Waals surface area contributed by atoms with E-state index in [1.54, 1.807) is 29.1 Å². The van der Waals surface area contributed by atoms with Crippen molar-refractivity contribution in [3.05, 3.63) is 48.3 Å². The van der Waals surface area contributed by atoms with Gasteiger partial charge in [-0.1, -0.05) is 6.07 Å². The Morgan fingerprint density at radius 1 is 1.25 bits per heavy atom. The van der Waals surface area contributed by atoms with E-state index in [1.807, 2.05) is 25.2 Å². The summed E-state index contributed by atoms with van der Waals surface area (Å²) < 4.78 is 13.0. The summed E-state index contributed by atoms with van der Waals surface area (Å²) in [6.45, 7) is 4.85. The van der Waals surface area contributed by atoms with Crippen LogP contribution >= 0.6 is 0 Å². The molecular formula is C20H23N5O3. The van der Waals surface area contributed by atoms with Gasteiger partial charge < -0.3 is 14.8 Å². The van der Waals surface area contributed by atoms with Crippen LogP contribution in [0.15, 0.2) is 42.6 Å². The van der Waals surface area contributed by atoms with Gasteiger partial charge in [0.25, 0.3) is 5.91 Å². The van der Waals surface area contributed by atoms with E-state index in [-0.39, 0.29) is 5.91 Å². The molecule has 8 nitrogen and oxygen atoms in total. The number of nitrogens with one attached hydrogen (secondary N) is 1. The molecule has 4 rings (SSSR count). The largest absolute Gasteiger partial charge is 0.475 e. The standard InChI is InChI=1S/C20H23N5O3/c1-24-18-14-15(22-19(26)17-4-2-3-7-21-17)5-6-16(18)20(23-24)28-13-10-25-8-11-27-12-9-25/h2-7,14H,8-13H2,1H3,(H,22,26). The molecule has 1 aliphatic heterocycles. The third-order valence-electron chi connectivity index (χ3n) is 4.72. The van der Waals surface area contributed by atoms with Crippen LogP contribution in [0.3, 0.4) is 0 Å². The SMILES string of the molecule is Cn1nc(OCCN2CCOCC2)c2ccc(NC(=O)c3ccccn3)cc21. The van der Waals surface area contributed by atoms with E-state index in [1.165, 1.54) is 0 Å². The van der Waals surface area contributed by atoms with Crippen LogP contribution in [0.5, 0.6) is 5.88 Å². The second kappa shape index (κ2) is 8.37. The van der Waals surface area contributed by atoms with Gasteiger partial charge in [-0.2, -0.15) is 0 Å². The molecule has 0 unspecified atom stereocenters. The molecule has 0 atom stereocenters. The summed E-state index contributed by atoms with van der Waals surface area (Å²) in [6, 6.07) is 10.9. The van der Waals surface area contributed by atoms with Gasteiger partial charge in [0.05, 0.1) is 24.1 Å². The van der Waals surface area contributed by atoms with E-state index in [0.717, 1.165) is 43.8 Å². The lowest BCUT2D eigenvalue weighted by Crippen LogP contribution is -2.38. The summed E-state index contributed by atoms with van der Waals surface area (Å²) in [5, 5.41) is 8.27. The van der Waals surface area contributed by atoms with Gasteiger partial charge in [0.2, 0.25) is 5.88 Å². The lowest BCUT2D eigenvalue weighted by Gasteiger charge is -2.26. The molecule has 0 spiro atoms. The maximum absolute atomic E-state index is 12.3. The summed E-state index contributed by atoms with van der Waals surface area (Å²) in [4.78, 5) is 18.7. The normalized spacial score (nSPS) is 14.9. The molecule has 1 fully saturated rings. The lowest BCUT2D eigenvalue weighted by molar-refractivity contribution is 0.0320. The number of carbonyl (C=O) groups is 1. The molecule has 146 valence electrons. The van der Waals surface area contributed by atoms with Crippen molar-refractivity contribution in [1.82, 2.24) is 19.7 Å². The lowest BCUT2D eigenvalue weighted by atomic mass is 10.2. The summed E-state index contributed by atoms with van der Waals surface area (Å²) in [5.74, 6) is 0.359. The molecule has 1 amide bonds. The van der Waals surface area contributed by atoms with Gasteiger partial charge >= 0.3 is 0 Å². The second-order valence-corrected chi connectivity index (χ2v) is 6.63. The molecular weight excluding hydrogens is 358 g/mol. The Morgan fingerprint density at radius 2 is 2.11 bits per heavy atom. The third-order valence-corrected chi connectivity index (χ3v) is 4.72. The Labute approximate surface area is 163 Å². The van der Waals surface area contributed by atoms with Crippen molar-refractivity contribution in [1.29, 1.82) is 0 Å². The first kappa shape index (κ1) is 18.4. The predicted molar refractivity (Wildman–Crippen MR) is 106 cm³/mol. The minimum Gasteiger partial charge on any atom is -0.475 e. The summed E-state index contributed by atoms with van der Waals surface area (Å²) in [6.07, 6.45) is 1.60. The fourth-order valence-corrected chi connectivity index (χ4v) is 3.20. The number of benzene rings is 1. The molecule has 3 heterocycles. The maximum atomic E-state index is 12.3. The van der Waals surface area contributed by atoms with E-state index in [2.05, 4.69) is 20.3 Å². The number of hydrogen-bond acceptors (Lipinski definition) is 6. The summed E-state index contributed by atoms with van der Waals surface area (Å²) in [5.41, 5.74) is 1.95. The van der Waals surface area contributed by atoms with Crippen molar-refractivity contribution in [2.45, 2.75) is 0 Å². The number of rotatable bonds is 6. The van der Waals surface area contributed by atoms with Gasteiger partial charge in [-0.25, -0.2) is 0 Å². The van der Waals surface area contributed by atoms with Crippen LogP contribution in [0.2, 0.25) is 0 Å². The Bertz CT molecular complexity index is 951. The highest BCUT2D eigenvalue weighted by atomic mass is 16.5. The number of hydrogen-bond donors (Lipinski definition) is 1. The second-order valence-electron chi connectivity index (χ2n) is 6.63. The fourth-order valence-electron chi connectivity index (χ4n) is 3.20. The van der Waals surface area contributed by atoms with Crippen molar-refractivity contribution >= 4 is 22.5 Å². The van der Waals surface area contributed by atoms with Crippen molar-refractivity contribution in [2.24, 2.45) is 7.05 Å². The number of carbonyl (C=O) groups excluding carboxylic acids is 1. The number of aromatic nitrogens is 3. The highest BCUT2D eigenvalue weighted by Crippen LogP contribution is 2.27. The first-order valence-corrected chi connectivity index (χ1v) is 9.33. The molecule has 1 saturated heterocycles. The number of ether oxygens (including phenoxy) is 2. The first-order chi connectivity index (χ1) is 13.7. The van der Waals surface area contributed by atoms with Crippen LogP contribution < -0.4 is 10.1 Å². The van der Waals surface area contributed by atoms with E-state index in [0.29, 0.717) is 23.9 Å². The van der Waals surface area contributed by atoms with Crippen molar-refractivity contribution in [2.75, 3.05) is 44.8 Å². The average molecular weight is 381 g/mol. The van der Waals surface area contributed by atoms with Crippen LogP contribution in [0.4, 0.5) is 5.69 Å². The highest BCUT2D eigenvalue weighted by Gasteiger charge is 2.14. The van der Waals surface area contributed by atoms with Crippen LogP contribution in [0, 0.1) is 0 Å². The van der Waals surface area contributed by atoms with Gasteiger partial charge in [-0.3, -0.25) is 19.4 Å². The van der Waals surface area contributed by atoms with Crippen LogP contribution in [0.1, 0.15) is 10.5 Å². The predicted octanol–water partition coefficient (Wildman–Crippen LogP) is 1.93. The number of nitrogens with zero attached hydrogens (tertiary/aromatic N) is 4. The minimum absolute atomic E-state index is 0.246. The van der Waals surface area contributed by atoms with Crippen molar-refractivity contribution in [3.63, 3.8) is 0 Å². The molecule has 2 aromatic heterocycles. The third kappa shape index (κ3) is 4.13. The quantitative estimate of drug-likeness (QED) is 0.703. The molecule has 0 radical (unpaired) electrons. The number of pyridine rings is 1. The molecule has 0 aliphatic carbocycles. The van der Waals surface area contributed by atoms with E-state index < -0.39 is 0 Å². The molecule has 0 bridgehead atoms. The van der Waals surface area contributed by atoms with Gasteiger partial charge in [-0.15, -0.1) is 5.10 Å². The molecule has 28 heavy (non-hydrogen) atoms. The highest BCUT2D eigenvalue weighted by molar-refractivity contribution is 6.03. The summed E-state index contributed by atoms with van der Waals surface area (Å²) in [7, 11) is 1.86. The summed E-state index contributed by atoms with van der Waals surface area (Å²) >= 11 is 0. The first-order valence-electron chi connectivity index (χ1n) is 9.33. The van der Waals surface area contributed by atoms with E-state index >= 15 is 0 Å². The average Bonchev–Trinajstić information content (AvgIpc) is 3.04. The number of aryl methyl sites for hydroxylation is 1. The molecule has 1 aliphatic rings. The maximum Gasteiger partial charge on any atom is 0.274 e. The Kier molecular flexibility index (Phi) is 5.50.